The van der Waals surface area contributed by atoms with Crippen molar-refractivity contribution in [1.82, 2.24) is 9.97 Å². The van der Waals surface area contributed by atoms with Crippen molar-refractivity contribution in [1.29, 1.82) is 0 Å². The summed E-state index contributed by atoms with van der Waals surface area (Å²) < 4.78 is 5.91. The molecule has 0 unspecified atom stereocenters. The van der Waals surface area contributed by atoms with Gasteiger partial charge in [0.15, 0.2) is 0 Å². The smallest absolute Gasteiger partial charge is 0.227 e. The minimum Gasteiger partial charge on any atom is -0.439 e. The Kier molecular flexibility index (Phi) is 3.30. The van der Waals surface area contributed by atoms with E-state index in [0.29, 0.717) is 17.5 Å². The Morgan fingerprint density at radius 1 is 1.05 bits per heavy atom. The van der Waals surface area contributed by atoms with Gasteiger partial charge in [0.25, 0.3) is 0 Å². The van der Waals surface area contributed by atoms with Gasteiger partial charge in [-0.1, -0.05) is 6.07 Å². The number of nitrogens with two attached hydrogens (primary N) is 1. The van der Waals surface area contributed by atoms with Gasteiger partial charge in [-0.2, -0.15) is 4.98 Å². The average Bonchev–Trinajstić information content (AvgIpc) is 2.44. The lowest BCUT2D eigenvalue weighted by atomic mass is 9.92. The molecule has 104 valence electrons. The Morgan fingerprint density at radius 2 is 1.80 bits per heavy atom. The summed E-state index contributed by atoms with van der Waals surface area (Å²) in [6.45, 7) is 3.69. The van der Waals surface area contributed by atoms with E-state index >= 15 is 0 Å². The van der Waals surface area contributed by atoms with Crippen LogP contribution in [0, 0.1) is 13.8 Å². The fourth-order valence-corrected chi connectivity index (χ4v) is 2.61. The van der Waals surface area contributed by atoms with Crippen molar-refractivity contribution in [3.63, 3.8) is 0 Å². The van der Waals surface area contributed by atoms with E-state index in [-0.39, 0.29) is 0 Å². The second-order valence-corrected chi connectivity index (χ2v) is 5.33. The molecule has 0 radical (unpaired) electrons. The van der Waals surface area contributed by atoms with E-state index in [0.717, 1.165) is 17.7 Å². The van der Waals surface area contributed by atoms with Crippen molar-refractivity contribution in [2.75, 3.05) is 5.73 Å². The fraction of sp³-hybridized carbons (Fsp3) is 0.375. The van der Waals surface area contributed by atoms with Gasteiger partial charge in [0.1, 0.15) is 17.4 Å². The van der Waals surface area contributed by atoms with Crippen LogP contribution in [0.5, 0.6) is 11.6 Å². The maximum absolute atomic E-state index is 5.91. The third kappa shape index (κ3) is 2.46. The van der Waals surface area contributed by atoms with Crippen molar-refractivity contribution >= 4 is 5.82 Å². The molecule has 1 aliphatic carbocycles. The molecule has 4 heteroatoms. The van der Waals surface area contributed by atoms with E-state index < -0.39 is 0 Å². The molecule has 0 fully saturated rings. The number of benzene rings is 1. The summed E-state index contributed by atoms with van der Waals surface area (Å²) in [5, 5.41) is 0. The van der Waals surface area contributed by atoms with E-state index in [1.807, 2.05) is 19.9 Å². The van der Waals surface area contributed by atoms with Crippen LogP contribution in [0.25, 0.3) is 0 Å². The second-order valence-electron chi connectivity index (χ2n) is 5.33. The summed E-state index contributed by atoms with van der Waals surface area (Å²) >= 11 is 0. The average molecular weight is 269 g/mol. The molecular formula is C16H19N3O. The third-order valence-corrected chi connectivity index (χ3v) is 3.79. The van der Waals surface area contributed by atoms with Crippen LogP contribution in [0.4, 0.5) is 5.82 Å². The molecule has 0 atom stereocenters. The van der Waals surface area contributed by atoms with Gasteiger partial charge < -0.3 is 10.5 Å². The number of rotatable bonds is 2. The molecule has 0 bridgehead atoms. The van der Waals surface area contributed by atoms with Crippen LogP contribution in [0.3, 0.4) is 0 Å². The predicted octanol–water partition coefficient (Wildman–Crippen LogP) is 3.35. The highest BCUT2D eigenvalue weighted by Crippen LogP contribution is 2.29. The Labute approximate surface area is 119 Å². The van der Waals surface area contributed by atoms with Crippen molar-refractivity contribution in [3.8, 4) is 11.6 Å². The Hall–Kier alpha value is -2.10. The standard InChI is InChI=1S/C16H19N3O/c1-10-15(17)18-11(2)19-16(10)20-14-8-7-12-5-3-4-6-13(12)9-14/h7-9H,3-6H2,1-2H3,(H2,17,18,19). The first-order valence-corrected chi connectivity index (χ1v) is 7.04. The van der Waals surface area contributed by atoms with E-state index in [1.165, 1.54) is 30.4 Å². The highest BCUT2D eigenvalue weighted by Gasteiger charge is 2.12. The molecule has 0 aliphatic heterocycles. The second kappa shape index (κ2) is 5.12. The SMILES string of the molecule is Cc1nc(N)c(C)c(Oc2ccc3c(c2)CCCC3)n1. The summed E-state index contributed by atoms with van der Waals surface area (Å²) in [6, 6.07) is 6.30. The van der Waals surface area contributed by atoms with Crippen LogP contribution in [-0.2, 0) is 12.8 Å². The van der Waals surface area contributed by atoms with Crippen molar-refractivity contribution in [3.05, 3.63) is 40.7 Å². The summed E-state index contributed by atoms with van der Waals surface area (Å²) in [6.07, 6.45) is 4.85. The van der Waals surface area contributed by atoms with Crippen molar-refractivity contribution in [2.24, 2.45) is 0 Å². The molecule has 2 aromatic rings. The van der Waals surface area contributed by atoms with Crippen LogP contribution >= 0.6 is 0 Å². The number of ether oxygens (including phenoxy) is 1. The number of hydrogen-bond acceptors (Lipinski definition) is 4. The van der Waals surface area contributed by atoms with Crippen molar-refractivity contribution in [2.45, 2.75) is 39.5 Å². The van der Waals surface area contributed by atoms with Crippen LogP contribution in [0.1, 0.15) is 35.4 Å². The lowest BCUT2D eigenvalue weighted by Crippen LogP contribution is -2.04. The van der Waals surface area contributed by atoms with Gasteiger partial charge in [0.05, 0.1) is 5.56 Å². The maximum Gasteiger partial charge on any atom is 0.227 e. The molecule has 3 rings (SSSR count). The number of fused-ring (bicyclic) bond motifs is 1. The van der Waals surface area contributed by atoms with Crippen LogP contribution in [-0.4, -0.2) is 9.97 Å². The molecule has 1 aromatic carbocycles. The van der Waals surface area contributed by atoms with Crippen LogP contribution in [0.2, 0.25) is 0 Å². The number of aromatic nitrogens is 2. The van der Waals surface area contributed by atoms with Gasteiger partial charge >= 0.3 is 0 Å². The largest absolute Gasteiger partial charge is 0.439 e. The highest BCUT2D eigenvalue weighted by atomic mass is 16.5. The Bertz CT molecular complexity index is 652. The van der Waals surface area contributed by atoms with Crippen LogP contribution < -0.4 is 10.5 Å². The molecule has 0 amide bonds. The van der Waals surface area contributed by atoms with Crippen LogP contribution in [0.15, 0.2) is 18.2 Å². The number of nitrogens with zero attached hydrogens (tertiary/aromatic N) is 2. The topological polar surface area (TPSA) is 61.0 Å². The first-order valence-electron chi connectivity index (χ1n) is 7.04. The normalized spacial score (nSPS) is 13.9. The maximum atomic E-state index is 5.91. The van der Waals surface area contributed by atoms with Gasteiger partial charge in [0.2, 0.25) is 5.88 Å². The zero-order valence-electron chi connectivity index (χ0n) is 11.9. The third-order valence-electron chi connectivity index (χ3n) is 3.79. The summed E-state index contributed by atoms with van der Waals surface area (Å²) in [4.78, 5) is 8.46. The predicted molar refractivity (Wildman–Crippen MR) is 79.1 cm³/mol. The molecule has 1 aromatic heterocycles. The first-order chi connectivity index (χ1) is 9.63. The zero-order chi connectivity index (χ0) is 14.1. The number of hydrogen-bond donors (Lipinski definition) is 1. The van der Waals surface area contributed by atoms with Gasteiger partial charge in [0, 0.05) is 0 Å². The van der Waals surface area contributed by atoms with E-state index in [2.05, 4.69) is 22.1 Å². The number of aryl methyl sites for hydroxylation is 3. The number of anilines is 1. The van der Waals surface area contributed by atoms with E-state index in [1.54, 1.807) is 0 Å². The summed E-state index contributed by atoms with van der Waals surface area (Å²) in [5.41, 5.74) is 9.48. The monoisotopic (exact) mass is 269 g/mol. The minimum atomic E-state index is 0.477. The molecular weight excluding hydrogens is 250 g/mol. The van der Waals surface area contributed by atoms with Gasteiger partial charge in [-0.25, -0.2) is 4.98 Å². The fourth-order valence-electron chi connectivity index (χ4n) is 2.61. The minimum absolute atomic E-state index is 0.477. The zero-order valence-corrected chi connectivity index (χ0v) is 11.9. The first kappa shape index (κ1) is 12.9. The molecule has 2 N–H and O–H groups in total. The van der Waals surface area contributed by atoms with E-state index in [4.69, 9.17) is 10.5 Å². The molecule has 1 aliphatic rings. The molecule has 0 spiro atoms. The quantitative estimate of drug-likeness (QED) is 0.908. The lowest BCUT2D eigenvalue weighted by molar-refractivity contribution is 0.454. The molecule has 4 nitrogen and oxygen atoms in total. The Balaban J connectivity index is 1.91. The van der Waals surface area contributed by atoms with Gasteiger partial charge in [-0.15, -0.1) is 0 Å². The molecule has 20 heavy (non-hydrogen) atoms. The van der Waals surface area contributed by atoms with Gasteiger partial charge in [-0.3, -0.25) is 0 Å². The highest BCUT2D eigenvalue weighted by molar-refractivity contribution is 5.46. The molecule has 0 saturated carbocycles. The summed E-state index contributed by atoms with van der Waals surface area (Å²) in [5.74, 6) is 2.48. The molecule has 1 heterocycles. The van der Waals surface area contributed by atoms with Gasteiger partial charge in [-0.05, 0) is 62.8 Å². The Morgan fingerprint density at radius 3 is 2.60 bits per heavy atom. The number of nitrogen functional groups attached to an aromatic ring is 1. The molecule has 0 saturated heterocycles. The van der Waals surface area contributed by atoms with Crippen molar-refractivity contribution < 1.29 is 4.74 Å². The summed E-state index contributed by atoms with van der Waals surface area (Å²) in [7, 11) is 0. The van der Waals surface area contributed by atoms with E-state index in [9.17, 15) is 0 Å². The lowest BCUT2D eigenvalue weighted by Gasteiger charge is -2.17.